The zero-order valence-corrected chi connectivity index (χ0v) is 17.6. The number of ether oxygens (including phenoxy) is 2. The topological polar surface area (TPSA) is 84.9 Å². The van der Waals surface area contributed by atoms with Crippen LogP contribution in [-0.2, 0) is 9.59 Å². The van der Waals surface area contributed by atoms with E-state index >= 15 is 0 Å². The average Bonchev–Trinajstić information content (AvgIpc) is 2.68. The van der Waals surface area contributed by atoms with Crippen molar-refractivity contribution in [3.05, 3.63) is 58.7 Å². The van der Waals surface area contributed by atoms with Crippen LogP contribution in [0.3, 0.4) is 0 Å². The molecule has 0 aliphatic carbocycles. The van der Waals surface area contributed by atoms with E-state index in [4.69, 9.17) is 9.47 Å². The summed E-state index contributed by atoms with van der Waals surface area (Å²) in [5.74, 6) is -0.398. The normalized spacial score (nSPS) is 15.6. The highest BCUT2D eigenvalue weighted by Crippen LogP contribution is 2.30. The van der Waals surface area contributed by atoms with E-state index in [0.29, 0.717) is 22.7 Å². The Kier molecular flexibility index (Phi) is 5.91. The molecule has 3 rings (SSSR count). The number of aryl methyl sites for hydroxylation is 2. The van der Waals surface area contributed by atoms with Gasteiger partial charge in [0.15, 0.2) is 11.5 Å². The van der Waals surface area contributed by atoms with Gasteiger partial charge in [-0.15, -0.1) is 0 Å². The van der Waals surface area contributed by atoms with E-state index in [-0.39, 0.29) is 11.7 Å². The number of benzene rings is 2. The van der Waals surface area contributed by atoms with Gasteiger partial charge in [-0.1, -0.05) is 12.1 Å². The van der Waals surface area contributed by atoms with Gasteiger partial charge in [-0.05, 0) is 74.7 Å². The first-order valence-electron chi connectivity index (χ1n) is 9.54. The highest BCUT2D eigenvalue weighted by Gasteiger charge is 2.36. The molecule has 1 aliphatic heterocycles. The lowest BCUT2D eigenvalue weighted by molar-refractivity contribution is -0.122. The average molecular weight is 408 g/mol. The maximum absolute atomic E-state index is 13.0. The first kappa shape index (κ1) is 21.1. The number of nitrogens with zero attached hydrogens (tertiary/aromatic N) is 1. The number of nitrogens with one attached hydrogen (secondary N) is 1. The molecule has 0 spiro atoms. The molecule has 0 saturated carbocycles. The number of carbonyl (C=O) groups excluding carboxylic acids is 3. The highest BCUT2D eigenvalue weighted by molar-refractivity contribution is 6.39. The molecule has 2 aromatic carbocycles. The Morgan fingerprint density at radius 2 is 1.70 bits per heavy atom. The van der Waals surface area contributed by atoms with E-state index in [2.05, 4.69) is 5.32 Å². The third kappa shape index (κ3) is 4.20. The first-order chi connectivity index (χ1) is 14.2. The van der Waals surface area contributed by atoms with Gasteiger partial charge in [-0.25, -0.2) is 9.69 Å². The second kappa shape index (κ2) is 8.41. The minimum absolute atomic E-state index is 0.0358. The van der Waals surface area contributed by atoms with Crippen molar-refractivity contribution in [3.63, 3.8) is 0 Å². The van der Waals surface area contributed by atoms with Gasteiger partial charge >= 0.3 is 6.03 Å². The van der Waals surface area contributed by atoms with E-state index < -0.39 is 17.8 Å². The first-order valence-corrected chi connectivity index (χ1v) is 9.54. The third-order valence-corrected chi connectivity index (χ3v) is 4.71. The fraction of sp³-hybridized carbons (Fsp3) is 0.261. The van der Waals surface area contributed by atoms with E-state index in [1.165, 1.54) is 13.2 Å². The van der Waals surface area contributed by atoms with Crippen molar-refractivity contribution >= 4 is 29.6 Å². The summed E-state index contributed by atoms with van der Waals surface area (Å²) in [6, 6.07) is 9.55. The summed E-state index contributed by atoms with van der Waals surface area (Å²) in [7, 11) is 1.51. The second-order valence-corrected chi connectivity index (χ2v) is 7.30. The third-order valence-electron chi connectivity index (χ3n) is 4.71. The SMILES string of the molecule is COc1cc(/C=C2\C(=O)NC(=O)N(c3ccc(C)c(C)c3)C2=O)ccc1OC(C)C. The van der Waals surface area contributed by atoms with E-state index in [9.17, 15) is 14.4 Å². The molecule has 2 aromatic rings. The Balaban J connectivity index is 1.99. The van der Waals surface area contributed by atoms with Crippen LogP contribution in [-0.4, -0.2) is 31.1 Å². The number of hydrogen-bond donors (Lipinski definition) is 1. The molecule has 4 amide bonds. The van der Waals surface area contributed by atoms with Crippen molar-refractivity contribution in [1.29, 1.82) is 0 Å². The lowest BCUT2D eigenvalue weighted by Crippen LogP contribution is -2.54. The zero-order chi connectivity index (χ0) is 22.0. The van der Waals surface area contributed by atoms with Gasteiger partial charge < -0.3 is 9.47 Å². The van der Waals surface area contributed by atoms with Crippen molar-refractivity contribution in [3.8, 4) is 11.5 Å². The van der Waals surface area contributed by atoms with Crippen LogP contribution in [0.5, 0.6) is 11.5 Å². The monoisotopic (exact) mass is 408 g/mol. The molecule has 0 radical (unpaired) electrons. The summed E-state index contributed by atoms with van der Waals surface area (Å²) in [5.41, 5.74) is 2.78. The fourth-order valence-corrected chi connectivity index (χ4v) is 3.05. The van der Waals surface area contributed by atoms with Gasteiger partial charge in [0.05, 0.1) is 18.9 Å². The number of barbiturate groups is 1. The van der Waals surface area contributed by atoms with Gasteiger partial charge in [0.25, 0.3) is 11.8 Å². The number of methoxy groups -OCH3 is 1. The van der Waals surface area contributed by atoms with Crippen molar-refractivity contribution in [1.82, 2.24) is 5.32 Å². The number of amides is 4. The summed E-state index contributed by atoms with van der Waals surface area (Å²) in [5, 5.41) is 2.23. The number of hydrogen-bond acceptors (Lipinski definition) is 5. The van der Waals surface area contributed by atoms with Crippen LogP contribution in [0.25, 0.3) is 6.08 Å². The number of rotatable bonds is 5. The summed E-state index contributed by atoms with van der Waals surface area (Å²) in [4.78, 5) is 38.7. The van der Waals surface area contributed by atoms with Crippen LogP contribution in [0.15, 0.2) is 42.0 Å². The van der Waals surface area contributed by atoms with Crippen LogP contribution in [0.1, 0.15) is 30.5 Å². The van der Waals surface area contributed by atoms with Crippen LogP contribution >= 0.6 is 0 Å². The minimum Gasteiger partial charge on any atom is -0.493 e. The van der Waals surface area contributed by atoms with Crippen LogP contribution in [0.2, 0.25) is 0 Å². The van der Waals surface area contributed by atoms with Gasteiger partial charge in [0.2, 0.25) is 0 Å². The quantitative estimate of drug-likeness (QED) is 0.601. The van der Waals surface area contributed by atoms with Crippen molar-refractivity contribution in [2.24, 2.45) is 0 Å². The number of carbonyl (C=O) groups is 3. The lowest BCUT2D eigenvalue weighted by atomic mass is 10.0. The van der Waals surface area contributed by atoms with E-state index in [1.807, 2.05) is 33.8 Å². The van der Waals surface area contributed by atoms with Crippen LogP contribution in [0, 0.1) is 13.8 Å². The molecular formula is C23H24N2O5. The lowest BCUT2D eigenvalue weighted by Gasteiger charge is -2.27. The van der Waals surface area contributed by atoms with Crippen LogP contribution < -0.4 is 19.7 Å². The molecule has 1 N–H and O–H groups in total. The maximum atomic E-state index is 13.0. The molecule has 30 heavy (non-hydrogen) atoms. The molecule has 7 nitrogen and oxygen atoms in total. The molecule has 0 aromatic heterocycles. The number of imide groups is 2. The Bertz CT molecular complexity index is 1060. The molecule has 0 bridgehead atoms. The largest absolute Gasteiger partial charge is 0.493 e. The molecule has 156 valence electrons. The summed E-state index contributed by atoms with van der Waals surface area (Å²) in [6.07, 6.45) is 1.39. The van der Waals surface area contributed by atoms with E-state index in [1.54, 1.807) is 30.3 Å². The molecule has 0 unspecified atom stereocenters. The van der Waals surface area contributed by atoms with Gasteiger partial charge in [-0.2, -0.15) is 0 Å². The van der Waals surface area contributed by atoms with E-state index in [0.717, 1.165) is 16.0 Å². The Labute approximate surface area is 175 Å². The molecule has 1 aliphatic rings. The van der Waals surface area contributed by atoms with Crippen LogP contribution in [0.4, 0.5) is 10.5 Å². The summed E-state index contributed by atoms with van der Waals surface area (Å²) in [6.45, 7) is 7.63. The molecular weight excluding hydrogens is 384 g/mol. The molecule has 7 heteroatoms. The Morgan fingerprint density at radius 1 is 0.967 bits per heavy atom. The number of urea groups is 1. The van der Waals surface area contributed by atoms with Gasteiger partial charge in [0.1, 0.15) is 5.57 Å². The molecule has 1 saturated heterocycles. The smallest absolute Gasteiger partial charge is 0.335 e. The summed E-state index contributed by atoms with van der Waals surface area (Å²) >= 11 is 0. The zero-order valence-electron chi connectivity index (χ0n) is 17.6. The molecule has 1 heterocycles. The standard InChI is InChI=1S/C23H24N2O5/c1-13(2)30-19-9-7-16(12-20(19)29-5)11-18-21(26)24-23(28)25(22(18)27)17-8-6-14(3)15(4)10-17/h6-13H,1-5H3,(H,24,26,28)/b18-11+. The second-order valence-electron chi connectivity index (χ2n) is 7.30. The number of anilines is 1. The molecule has 0 atom stereocenters. The predicted molar refractivity (Wildman–Crippen MR) is 114 cm³/mol. The maximum Gasteiger partial charge on any atom is 0.335 e. The molecule has 1 fully saturated rings. The Hall–Kier alpha value is -3.61. The Morgan fingerprint density at radius 3 is 2.33 bits per heavy atom. The predicted octanol–water partition coefficient (Wildman–Crippen LogP) is 3.77. The highest BCUT2D eigenvalue weighted by atomic mass is 16.5. The van der Waals surface area contributed by atoms with Crippen molar-refractivity contribution < 1.29 is 23.9 Å². The van der Waals surface area contributed by atoms with Gasteiger partial charge in [-0.3, -0.25) is 14.9 Å². The van der Waals surface area contributed by atoms with Crippen molar-refractivity contribution in [2.45, 2.75) is 33.8 Å². The van der Waals surface area contributed by atoms with Gasteiger partial charge in [0, 0.05) is 0 Å². The van der Waals surface area contributed by atoms with Crippen molar-refractivity contribution in [2.75, 3.05) is 12.0 Å². The fourth-order valence-electron chi connectivity index (χ4n) is 3.05. The minimum atomic E-state index is -0.774. The summed E-state index contributed by atoms with van der Waals surface area (Å²) < 4.78 is 11.0.